The van der Waals surface area contributed by atoms with Crippen LogP contribution in [0.15, 0.2) is 24.3 Å². The molecule has 2 atom stereocenters. The van der Waals surface area contributed by atoms with Crippen molar-refractivity contribution in [2.75, 3.05) is 19.7 Å². The predicted octanol–water partition coefficient (Wildman–Crippen LogP) is 2.64. The third-order valence-electron chi connectivity index (χ3n) is 5.84. The molecule has 2 saturated heterocycles. The Morgan fingerprint density at radius 1 is 1.33 bits per heavy atom. The molecule has 1 N–H and O–H groups in total. The molecular formula is C20H28N2O2. The first-order chi connectivity index (χ1) is 11.6. The average molecular weight is 328 g/mol. The highest BCUT2D eigenvalue weighted by Gasteiger charge is 2.44. The van der Waals surface area contributed by atoms with Crippen LogP contribution in [-0.2, 0) is 16.1 Å². The van der Waals surface area contributed by atoms with Crippen LogP contribution in [0.3, 0.4) is 0 Å². The zero-order valence-electron chi connectivity index (χ0n) is 14.6. The van der Waals surface area contributed by atoms with Gasteiger partial charge in [-0.05, 0) is 50.2 Å². The average Bonchev–Trinajstić information content (AvgIpc) is 3.35. The molecule has 3 aliphatic rings. The number of hydrogen-bond acceptors (Lipinski definition) is 3. The van der Waals surface area contributed by atoms with Gasteiger partial charge in [0.05, 0.1) is 5.60 Å². The highest BCUT2D eigenvalue weighted by atomic mass is 16.5. The summed E-state index contributed by atoms with van der Waals surface area (Å²) >= 11 is 0. The molecule has 0 bridgehead atoms. The fraction of sp³-hybridized carbons (Fsp3) is 0.650. The smallest absolute Gasteiger partial charge is 0.223 e. The van der Waals surface area contributed by atoms with Gasteiger partial charge in [0.1, 0.15) is 0 Å². The van der Waals surface area contributed by atoms with Gasteiger partial charge in [0.2, 0.25) is 5.91 Å². The van der Waals surface area contributed by atoms with Gasteiger partial charge in [-0.2, -0.15) is 0 Å². The van der Waals surface area contributed by atoms with Crippen LogP contribution in [0.25, 0.3) is 0 Å². The summed E-state index contributed by atoms with van der Waals surface area (Å²) in [5, 5.41) is 3.27. The molecule has 0 aromatic heterocycles. The Balaban J connectivity index is 1.35. The number of aryl methyl sites for hydroxylation is 1. The van der Waals surface area contributed by atoms with Crippen molar-refractivity contribution in [2.45, 2.75) is 57.2 Å². The fourth-order valence-corrected chi connectivity index (χ4v) is 4.19. The molecule has 1 spiro atoms. The van der Waals surface area contributed by atoms with Crippen molar-refractivity contribution < 1.29 is 9.53 Å². The van der Waals surface area contributed by atoms with E-state index in [4.69, 9.17) is 4.74 Å². The minimum Gasteiger partial charge on any atom is -0.373 e. The third-order valence-corrected chi connectivity index (χ3v) is 5.84. The number of hydrogen-bond donors (Lipinski definition) is 1. The second kappa shape index (κ2) is 6.49. The first kappa shape index (κ1) is 16.1. The van der Waals surface area contributed by atoms with Crippen LogP contribution < -0.4 is 5.32 Å². The fourth-order valence-electron chi connectivity index (χ4n) is 4.19. The Labute approximate surface area is 144 Å². The molecule has 4 rings (SSSR count). The number of likely N-dealkylation sites (tertiary alicyclic amines) is 1. The molecule has 3 fully saturated rings. The van der Waals surface area contributed by atoms with E-state index in [1.54, 1.807) is 0 Å². The molecule has 130 valence electrons. The van der Waals surface area contributed by atoms with Gasteiger partial charge >= 0.3 is 0 Å². The second-order valence-corrected chi connectivity index (χ2v) is 7.89. The molecule has 0 unspecified atom stereocenters. The van der Waals surface area contributed by atoms with E-state index < -0.39 is 0 Å². The van der Waals surface area contributed by atoms with Crippen LogP contribution in [0.4, 0.5) is 0 Å². The molecular weight excluding hydrogens is 300 g/mol. The molecule has 1 amide bonds. The number of benzene rings is 1. The Bertz CT molecular complexity index is 613. The van der Waals surface area contributed by atoms with E-state index in [-0.39, 0.29) is 11.5 Å². The van der Waals surface area contributed by atoms with E-state index in [0.717, 1.165) is 58.3 Å². The monoisotopic (exact) mass is 328 g/mol. The van der Waals surface area contributed by atoms with Crippen LogP contribution in [0.1, 0.15) is 43.2 Å². The summed E-state index contributed by atoms with van der Waals surface area (Å²) in [4.78, 5) is 14.6. The maximum Gasteiger partial charge on any atom is 0.223 e. The van der Waals surface area contributed by atoms with Gasteiger partial charge in [-0.15, -0.1) is 0 Å². The molecule has 0 radical (unpaired) electrons. The lowest BCUT2D eigenvalue weighted by molar-refractivity contribution is -0.126. The SMILES string of the molecule is Cc1ccccc1CN1CC[C@@]2(C[C@@H](NC(=O)C3CC3)CCO2)C1. The highest BCUT2D eigenvalue weighted by Crippen LogP contribution is 2.36. The van der Waals surface area contributed by atoms with Crippen LogP contribution >= 0.6 is 0 Å². The van der Waals surface area contributed by atoms with Gasteiger partial charge in [0.25, 0.3) is 0 Å². The van der Waals surface area contributed by atoms with E-state index in [2.05, 4.69) is 41.4 Å². The summed E-state index contributed by atoms with van der Waals surface area (Å²) < 4.78 is 6.22. The summed E-state index contributed by atoms with van der Waals surface area (Å²) in [6.07, 6.45) is 5.15. The zero-order valence-corrected chi connectivity index (χ0v) is 14.6. The van der Waals surface area contributed by atoms with Gasteiger partial charge in [0.15, 0.2) is 0 Å². The van der Waals surface area contributed by atoms with E-state index >= 15 is 0 Å². The molecule has 1 aromatic rings. The molecule has 2 heterocycles. The highest BCUT2D eigenvalue weighted by molar-refractivity contribution is 5.81. The van der Waals surface area contributed by atoms with E-state index in [9.17, 15) is 4.79 Å². The van der Waals surface area contributed by atoms with Gasteiger partial charge in [0, 0.05) is 38.2 Å². The van der Waals surface area contributed by atoms with E-state index in [1.807, 2.05) is 0 Å². The third kappa shape index (κ3) is 3.50. The Hall–Kier alpha value is -1.39. The minimum atomic E-state index is -0.0531. The van der Waals surface area contributed by atoms with Crippen molar-refractivity contribution in [2.24, 2.45) is 5.92 Å². The quantitative estimate of drug-likeness (QED) is 0.924. The number of carbonyl (C=O) groups is 1. The zero-order chi connectivity index (χ0) is 16.6. The van der Waals surface area contributed by atoms with Crippen molar-refractivity contribution in [3.63, 3.8) is 0 Å². The lowest BCUT2D eigenvalue weighted by Gasteiger charge is -2.38. The van der Waals surface area contributed by atoms with Gasteiger partial charge in [-0.1, -0.05) is 24.3 Å². The van der Waals surface area contributed by atoms with Crippen molar-refractivity contribution in [1.29, 1.82) is 0 Å². The first-order valence-corrected chi connectivity index (χ1v) is 9.35. The molecule has 1 aliphatic carbocycles. The van der Waals surface area contributed by atoms with Gasteiger partial charge in [-0.25, -0.2) is 0 Å². The van der Waals surface area contributed by atoms with Crippen molar-refractivity contribution in [3.05, 3.63) is 35.4 Å². The van der Waals surface area contributed by atoms with E-state index in [0.29, 0.717) is 12.0 Å². The van der Waals surface area contributed by atoms with Crippen molar-refractivity contribution in [3.8, 4) is 0 Å². The lowest BCUT2D eigenvalue weighted by atomic mass is 9.89. The molecule has 4 heteroatoms. The summed E-state index contributed by atoms with van der Waals surface area (Å²) in [5.41, 5.74) is 2.71. The number of nitrogens with zero attached hydrogens (tertiary/aromatic N) is 1. The van der Waals surface area contributed by atoms with E-state index in [1.165, 1.54) is 11.1 Å². The normalized spacial score (nSPS) is 30.6. The molecule has 2 aliphatic heterocycles. The number of amides is 1. The maximum absolute atomic E-state index is 12.1. The van der Waals surface area contributed by atoms with Gasteiger partial charge in [-0.3, -0.25) is 9.69 Å². The summed E-state index contributed by atoms with van der Waals surface area (Å²) in [7, 11) is 0. The van der Waals surface area contributed by atoms with Crippen LogP contribution in [0.5, 0.6) is 0 Å². The summed E-state index contributed by atoms with van der Waals surface area (Å²) in [6.45, 7) is 6.02. The maximum atomic E-state index is 12.1. The first-order valence-electron chi connectivity index (χ1n) is 9.35. The topological polar surface area (TPSA) is 41.6 Å². The Morgan fingerprint density at radius 2 is 2.17 bits per heavy atom. The molecule has 24 heavy (non-hydrogen) atoms. The van der Waals surface area contributed by atoms with Crippen LogP contribution in [-0.4, -0.2) is 42.1 Å². The van der Waals surface area contributed by atoms with Crippen molar-refractivity contribution >= 4 is 5.91 Å². The van der Waals surface area contributed by atoms with Gasteiger partial charge < -0.3 is 10.1 Å². The number of rotatable bonds is 4. The number of ether oxygens (including phenoxy) is 1. The number of carbonyl (C=O) groups excluding carboxylic acids is 1. The van der Waals surface area contributed by atoms with Crippen LogP contribution in [0.2, 0.25) is 0 Å². The van der Waals surface area contributed by atoms with Crippen LogP contribution in [0, 0.1) is 12.8 Å². The summed E-state index contributed by atoms with van der Waals surface area (Å²) in [5.74, 6) is 0.566. The molecule has 1 aromatic carbocycles. The predicted molar refractivity (Wildman–Crippen MR) is 93.6 cm³/mol. The minimum absolute atomic E-state index is 0.0531. The number of nitrogens with one attached hydrogen (secondary N) is 1. The molecule has 1 saturated carbocycles. The van der Waals surface area contributed by atoms with Crippen molar-refractivity contribution in [1.82, 2.24) is 10.2 Å². The standard InChI is InChI=1S/C20H28N2O2/c1-15-4-2-3-5-17(15)13-22-10-9-20(14-22)12-18(8-11-24-20)21-19(23)16-6-7-16/h2-5,16,18H,6-14H2,1H3,(H,21,23)/t18-,20+/m0/s1. The summed E-state index contributed by atoms with van der Waals surface area (Å²) in [6, 6.07) is 8.92. The largest absolute Gasteiger partial charge is 0.373 e. The lowest BCUT2D eigenvalue weighted by Crippen LogP contribution is -2.50. The molecule has 4 nitrogen and oxygen atoms in total. The Morgan fingerprint density at radius 3 is 2.96 bits per heavy atom. The second-order valence-electron chi connectivity index (χ2n) is 7.89. The Kier molecular flexibility index (Phi) is 4.35.